The first-order valence-corrected chi connectivity index (χ1v) is 7.86. The molecule has 0 aliphatic carbocycles. The average Bonchev–Trinajstić information content (AvgIpc) is 2.79. The summed E-state index contributed by atoms with van der Waals surface area (Å²) in [5.74, 6) is 0. The highest BCUT2D eigenvalue weighted by atomic mass is 32.2. The first kappa shape index (κ1) is 12.5. The van der Waals surface area contributed by atoms with Gasteiger partial charge in [0, 0.05) is 0 Å². The molecule has 4 heteroatoms. The summed E-state index contributed by atoms with van der Waals surface area (Å²) in [5.41, 5.74) is 1.54. The fourth-order valence-electron chi connectivity index (χ4n) is 1.93. The lowest BCUT2D eigenvalue weighted by atomic mass is 10.1. The molecule has 0 N–H and O–H groups in total. The summed E-state index contributed by atoms with van der Waals surface area (Å²) in [6, 6.07) is 14.3. The zero-order valence-corrected chi connectivity index (χ0v) is 11.9. The van der Waals surface area contributed by atoms with E-state index in [4.69, 9.17) is 0 Å². The summed E-state index contributed by atoms with van der Waals surface area (Å²) in [6.45, 7) is 0. The number of nitrogens with zero attached hydrogens (tertiary/aromatic N) is 1. The second-order valence-electron chi connectivity index (χ2n) is 4.11. The lowest BCUT2D eigenvalue weighted by Crippen LogP contribution is -1.87. The normalized spacial score (nSPS) is 17.2. The second kappa shape index (κ2) is 5.23. The molecule has 19 heavy (non-hydrogen) atoms. The molecule has 94 valence electrons. The van der Waals surface area contributed by atoms with Crippen molar-refractivity contribution >= 4 is 49.9 Å². The van der Waals surface area contributed by atoms with Crippen molar-refractivity contribution in [2.75, 3.05) is 6.26 Å². The molecule has 0 fully saturated rings. The van der Waals surface area contributed by atoms with Crippen LogP contribution < -0.4 is 0 Å². The molecule has 0 saturated carbocycles. The topological polar surface area (TPSA) is 29.4 Å². The molecule has 0 radical (unpaired) electrons. The minimum Gasteiger partial charge on any atom is -0.279 e. The van der Waals surface area contributed by atoms with Gasteiger partial charge in [0.25, 0.3) is 0 Å². The van der Waals surface area contributed by atoms with Crippen molar-refractivity contribution in [3.63, 3.8) is 0 Å². The van der Waals surface area contributed by atoms with Crippen molar-refractivity contribution in [3.05, 3.63) is 53.7 Å². The fourth-order valence-corrected chi connectivity index (χ4v) is 3.19. The van der Waals surface area contributed by atoms with E-state index < -0.39 is 0 Å². The van der Waals surface area contributed by atoms with Gasteiger partial charge in [0.05, 0.1) is 0 Å². The Hall–Kier alpha value is -1.52. The number of carbonyl (C=O) groups is 1. The molecule has 2 nitrogen and oxygen atoms in total. The maximum absolute atomic E-state index is 11.8. The molecule has 1 heterocycles. The number of rotatable bonds is 1. The van der Waals surface area contributed by atoms with Gasteiger partial charge in [-0.25, -0.2) is 4.99 Å². The molecular weight excluding hydrogens is 274 g/mol. The molecule has 1 aliphatic heterocycles. The van der Waals surface area contributed by atoms with E-state index in [0.717, 1.165) is 9.94 Å². The molecule has 0 saturated heterocycles. The first-order valence-electron chi connectivity index (χ1n) is 5.81. The van der Waals surface area contributed by atoms with Crippen LogP contribution in [0.15, 0.2) is 53.2 Å². The van der Waals surface area contributed by atoms with E-state index >= 15 is 0 Å². The van der Waals surface area contributed by atoms with Crippen LogP contribution in [0, 0.1) is 0 Å². The van der Waals surface area contributed by atoms with Crippen LogP contribution in [-0.4, -0.2) is 15.7 Å². The fraction of sp³-hybridized carbons (Fsp3) is 0.0667. The molecule has 0 amide bonds. The third kappa shape index (κ3) is 2.60. The standard InChI is InChI=1S/C15H11NOS2/c1-18-15-16-13(14(17)19-15)9-10-6-7-11-4-2-3-5-12(11)8-10/h2-9H,1H3/b13-9-. The molecule has 0 unspecified atom stereocenters. The Morgan fingerprint density at radius 3 is 2.68 bits per heavy atom. The Labute approximate surface area is 120 Å². The molecule has 0 atom stereocenters. The van der Waals surface area contributed by atoms with Crippen molar-refractivity contribution in [1.29, 1.82) is 0 Å². The largest absolute Gasteiger partial charge is 0.279 e. The van der Waals surface area contributed by atoms with Crippen LogP contribution in [0.5, 0.6) is 0 Å². The van der Waals surface area contributed by atoms with E-state index in [1.165, 1.54) is 34.3 Å². The Morgan fingerprint density at radius 1 is 1.16 bits per heavy atom. The van der Waals surface area contributed by atoms with E-state index in [2.05, 4.69) is 29.3 Å². The molecular formula is C15H11NOS2. The SMILES string of the molecule is CSC1=N/C(=C\c2ccc3ccccc3c2)C(=O)S1. The van der Waals surface area contributed by atoms with Crippen LogP contribution >= 0.6 is 23.5 Å². The Balaban J connectivity index is 2.01. The molecule has 0 aromatic heterocycles. The van der Waals surface area contributed by atoms with E-state index in [9.17, 15) is 4.79 Å². The van der Waals surface area contributed by atoms with Gasteiger partial charge in [-0.05, 0) is 46.5 Å². The van der Waals surface area contributed by atoms with E-state index in [0.29, 0.717) is 5.70 Å². The van der Waals surface area contributed by atoms with Crippen LogP contribution in [-0.2, 0) is 4.79 Å². The third-order valence-corrected chi connectivity index (χ3v) is 4.70. The van der Waals surface area contributed by atoms with Gasteiger partial charge in [0.1, 0.15) is 10.1 Å². The molecule has 1 aliphatic rings. The zero-order valence-electron chi connectivity index (χ0n) is 10.3. The third-order valence-electron chi connectivity index (χ3n) is 2.85. The van der Waals surface area contributed by atoms with Crippen molar-refractivity contribution in [2.24, 2.45) is 4.99 Å². The number of hydrogen-bond acceptors (Lipinski definition) is 4. The molecule has 0 bridgehead atoms. The van der Waals surface area contributed by atoms with E-state index in [-0.39, 0.29) is 5.12 Å². The number of hydrogen-bond donors (Lipinski definition) is 0. The molecule has 3 rings (SSSR count). The summed E-state index contributed by atoms with van der Waals surface area (Å²) < 4.78 is 0.817. The maximum atomic E-state index is 11.8. The number of carbonyl (C=O) groups excluding carboxylic acids is 1. The Kier molecular flexibility index (Phi) is 3.44. The Bertz CT molecular complexity index is 719. The number of benzene rings is 2. The minimum atomic E-state index is 0.0255. The van der Waals surface area contributed by atoms with Gasteiger partial charge in [0.2, 0.25) is 5.12 Å². The average molecular weight is 285 g/mol. The van der Waals surface area contributed by atoms with Gasteiger partial charge in [-0.1, -0.05) is 36.4 Å². The van der Waals surface area contributed by atoms with Crippen LogP contribution in [0.3, 0.4) is 0 Å². The lowest BCUT2D eigenvalue weighted by molar-refractivity contribution is -0.107. The smallest absolute Gasteiger partial charge is 0.244 e. The number of aliphatic imine (C=N–C) groups is 1. The first-order chi connectivity index (χ1) is 9.26. The van der Waals surface area contributed by atoms with Crippen LogP contribution in [0.2, 0.25) is 0 Å². The predicted octanol–water partition coefficient (Wildman–Crippen LogP) is 4.17. The summed E-state index contributed by atoms with van der Waals surface area (Å²) >= 11 is 2.71. The van der Waals surface area contributed by atoms with E-state index in [1.807, 2.05) is 30.5 Å². The van der Waals surface area contributed by atoms with Crippen LogP contribution in [0.4, 0.5) is 0 Å². The van der Waals surface area contributed by atoms with Gasteiger partial charge >= 0.3 is 0 Å². The zero-order chi connectivity index (χ0) is 13.2. The van der Waals surface area contributed by atoms with Crippen molar-refractivity contribution in [2.45, 2.75) is 0 Å². The van der Waals surface area contributed by atoms with E-state index in [1.54, 1.807) is 0 Å². The Morgan fingerprint density at radius 2 is 1.95 bits per heavy atom. The summed E-state index contributed by atoms with van der Waals surface area (Å²) in [6.07, 6.45) is 3.78. The van der Waals surface area contributed by atoms with Crippen molar-refractivity contribution in [1.82, 2.24) is 0 Å². The molecule has 2 aromatic rings. The summed E-state index contributed by atoms with van der Waals surface area (Å²) in [4.78, 5) is 16.1. The highest BCUT2D eigenvalue weighted by molar-refractivity contribution is 8.45. The summed E-state index contributed by atoms with van der Waals surface area (Å²) in [5, 5.41) is 2.40. The predicted molar refractivity (Wildman–Crippen MR) is 85.5 cm³/mol. The lowest BCUT2D eigenvalue weighted by Gasteiger charge is -1.99. The molecule has 0 spiro atoms. The highest BCUT2D eigenvalue weighted by Gasteiger charge is 2.21. The maximum Gasteiger partial charge on any atom is 0.244 e. The van der Waals surface area contributed by atoms with Gasteiger partial charge in [0.15, 0.2) is 0 Å². The van der Waals surface area contributed by atoms with Crippen molar-refractivity contribution in [3.8, 4) is 0 Å². The molecule has 2 aromatic carbocycles. The minimum absolute atomic E-state index is 0.0255. The van der Waals surface area contributed by atoms with Crippen LogP contribution in [0.1, 0.15) is 5.56 Å². The second-order valence-corrected chi connectivity index (χ2v) is 6.12. The van der Waals surface area contributed by atoms with Crippen LogP contribution in [0.25, 0.3) is 16.8 Å². The quantitative estimate of drug-likeness (QED) is 0.736. The number of thioether (sulfide) groups is 2. The monoisotopic (exact) mass is 285 g/mol. The van der Waals surface area contributed by atoms with Gasteiger partial charge in [-0.2, -0.15) is 0 Å². The van der Waals surface area contributed by atoms with Gasteiger partial charge < -0.3 is 0 Å². The number of fused-ring (bicyclic) bond motifs is 1. The van der Waals surface area contributed by atoms with Crippen molar-refractivity contribution < 1.29 is 4.79 Å². The van der Waals surface area contributed by atoms with Gasteiger partial charge in [-0.3, -0.25) is 4.79 Å². The highest BCUT2D eigenvalue weighted by Crippen LogP contribution is 2.30. The summed E-state index contributed by atoms with van der Waals surface area (Å²) in [7, 11) is 0. The van der Waals surface area contributed by atoms with Gasteiger partial charge in [-0.15, -0.1) is 11.8 Å².